The highest BCUT2D eigenvalue weighted by Crippen LogP contribution is 2.37. The van der Waals surface area contributed by atoms with Gasteiger partial charge in [-0.05, 0) is 18.1 Å². The number of hydrogen-bond acceptors (Lipinski definition) is 1. The van der Waals surface area contributed by atoms with E-state index in [4.69, 9.17) is 34.8 Å². The van der Waals surface area contributed by atoms with Crippen LogP contribution in [0.3, 0.4) is 0 Å². The Labute approximate surface area is 121 Å². The van der Waals surface area contributed by atoms with Gasteiger partial charge in [0.15, 0.2) is 0 Å². The molecule has 98 valence electrons. The molecule has 0 amide bonds. The van der Waals surface area contributed by atoms with Gasteiger partial charge in [-0.15, -0.1) is 0 Å². The number of rotatable bonds is 3. The highest BCUT2D eigenvalue weighted by molar-refractivity contribution is 6.40. The first-order chi connectivity index (χ1) is 8.45. The number of nitrogens with zero attached hydrogens (tertiary/aromatic N) is 1. The number of halogens is 3. The molecule has 0 saturated carbocycles. The van der Waals surface area contributed by atoms with Crippen molar-refractivity contribution < 1.29 is 5.11 Å². The van der Waals surface area contributed by atoms with Crippen LogP contribution in [0.5, 0.6) is 0 Å². The maximum atomic E-state index is 9.47. The number of aromatic nitrogens is 1. The van der Waals surface area contributed by atoms with Crippen LogP contribution in [-0.2, 0) is 13.2 Å². The van der Waals surface area contributed by atoms with E-state index in [1.54, 1.807) is 6.07 Å². The third-order valence-electron chi connectivity index (χ3n) is 2.82. The van der Waals surface area contributed by atoms with Crippen molar-refractivity contribution in [2.45, 2.75) is 27.0 Å². The van der Waals surface area contributed by atoms with Crippen LogP contribution in [0, 0.1) is 5.92 Å². The molecule has 0 spiro atoms. The largest absolute Gasteiger partial charge is 0.392 e. The maximum absolute atomic E-state index is 9.47. The second-order valence-corrected chi connectivity index (χ2v) is 5.92. The zero-order valence-corrected chi connectivity index (χ0v) is 12.4. The zero-order valence-electron chi connectivity index (χ0n) is 10.2. The average Bonchev–Trinajstić information content (AvgIpc) is 2.52. The van der Waals surface area contributed by atoms with Crippen molar-refractivity contribution >= 4 is 45.7 Å². The van der Waals surface area contributed by atoms with E-state index in [9.17, 15) is 5.11 Å². The van der Waals surface area contributed by atoms with Gasteiger partial charge in [0.1, 0.15) is 5.15 Å². The van der Waals surface area contributed by atoms with E-state index < -0.39 is 0 Å². The van der Waals surface area contributed by atoms with Gasteiger partial charge in [-0.3, -0.25) is 0 Å². The normalized spacial score (nSPS) is 11.7. The first-order valence-corrected chi connectivity index (χ1v) is 6.85. The van der Waals surface area contributed by atoms with Gasteiger partial charge in [-0.25, -0.2) is 0 Å². The third-order valence-corrected chi connectivity index (χ3v) is 3.77. The predicted octanol–water partition coefficient (Wildman–Crippen LogP) is 4.75. The van der Waals surface area contributed by atoms with E-state index in [1.165, 1.54) is 0 Å². The lowest BCUT2D eigenvalue weighted by Crippen LogP contribution is -2.04. The highest BCUT2D eigenvalue weighted by atomic mass is 35.5. The Morgan fingerprint density at radius 3 is 2.44 bits per heavy atom. The summed E-state index contributed by atoms with van der Waals surface area (Å²) in [6, 6.07) is 3.50. The Morgan fingerprint density at radius 1 is 1.22 bits per heavy atom. The standard InChI is InChI=1S/C13H14Cl3NO/c1-7(2)5-17-11-4-8(14)3-10(15)12(11)9(6-18)13(17)16/h3-4,7,18H,5-6H2,1-2H3. The fourth-order valence-corrected chi connectivity index (χ4v) is 3.04. The molecule has 0 fully saturated rings. The van der Waals surface area contributed by atoms with E-state index in [-0.39, 0.29) is 6.61 Å². The number of aliphatic hydroxyl groups is 1. The molecule has 0 saturated heterocycles. The van der Waals surface area contributed by atoms with E-state index in [2.05, 4.69) is 13.8 Å². The lowest BCUT2D eigenvalue weighted by Gasteiger charge is -2.10. The lowest BCUT2D eigenvalue weighted by molar-refractivity contribution is 0.283. The molecule has 1 heterocycles. The van der Waals surface area contributed by atoms with Crippen molar-refractivity contribution in [2.24, 2.45) is 5.92 Å². The zero-order chi connectivity index (χ0) is 13.4. The molecule has 1 aromatic heterocycles. The molecule has 0 unspecified atom stereocenters. The van der Waals surface area contributed by atoms with Crippen LogP contribution in [0.25, 0.3) is 10.9 Å². The van der Waals surface area contributed by atoms with Gasteiger partial charge in [0, 0.05) is 22.5 Å². The highest BCUT2D eigenvalue weighted by Gasteiger charge is 2.18. The molecule has 2 nitrogen and oxygen atoms in total. The van der Waals surface area contributed by atoms with Crippen molar-refractivity contribution in [3.8, 4) is 0 Å². The summed E-state index contributed by atoms with van der Waals surface area (Å²) in [6.45, 7) is 4.83. The summed E-state index contributed by atoms with van der Waals surface area (Å²) in [7, 11) is 0. The predicted molar refractivity (Wildman–Crippen MR) is 77.7 cm³/mol. The summed E-state index contributed by atoms with van der Waals surface area (Å²) >= 11 is 18.6. The van der Waals surface area contributed by atoms with Crippen LogP contribution in [0.4, 0.5) is 0 Å². The number of hydrogen-bond donors (Lipinski definition) is 1. The molecular formula is C13H14Cl3NO. The molecule has 2 aromatic rings. The molecule has 2 rings (SSSR count). The van der Waals surface area contributed by atoms with Gasteiger partial charge in [0.25, 0.3) is 0 Å². The molecule has 0 bridgehead atoms. The fraction of sp³-hybridized carbons (Fsp3) is 0.385. The lowest BCUT2D eigenvalue weighted by atomic mass is 10.2. The summed E-state index contributed by atoms with van der Waals surface area (Å²) in [5.74, 6) is 0.433. The molecule has 0 aliphatic heterocycles. The number of aliphatic hydroxyl groups excluding tert-OH is 1. The third kappa shape index (κ3) is 2.35. The van der Waals surface area contributed by atoms with Crippen LogP contribution in [0.1, 0.15) is 19.4 Å². The average molecular weight is 307 g/mol. The van der Waals surface area contributed by atoms with E-state index in [0.29, 0.717) is 26.7 Å². The molecule has 0 aliphatic carbocycles. The van der Waals surface area contributed by atoms with Crippen LogP contribution >= 0.6 is 34.8 Å². The van der Waals surface area contributed by atoms with Crippen molar-refractivity contribution in [3.05, 3.63) is 32.9 Å². The summed E-state index contributed by atoms with van der Waals surface area (Å²) in [5, 5.41) is 11.9. The summed E-state index contributed by atoms with van der Waals surface area (Å²) in [4.78, 5) is 0. The van der Waals surface area contributed by atoms with Gasteiger partial charge < -0.3 is 9.67 Å². The minimum Gasteiger partial charge on any atom is -0.392 e. The van der Waals surface area contributed by atoms with E-state index in [1.807, 2.05) is 10.6 Å². The molecular weight excluding hydrogens is 293 g/mol. The topological polar surface area (TPSA) is 25.2 Å². The fourth-order valence-electron chi connectivity index (χ4n) is 2.13. The van der Waals surface area contributed by atoms with Crippen molar-refractivity contribution in [1.82, 2.24) is 4.57 Å². The molecule has 0 atom stereocenters. The molecule has 1 aromatic carbocycles. The number of benzene rings is 1. The molecule has 0 aliphatic rings. The van der Waals surface area contributed by atoms with Gasteiger partial charge in [0.2, 0.25) is 0 Å². The second kappa shape index (κ2) is 5.30. The molecule has 5 heteroatoms. The maximum Gasteiger partial charge on any atom is 0.115 e. The molecule has 0 radical (unpaired) electrons. The molecule has 18 heavy (non-hydrogen) atoms. The second-order valence-electron chi connectivity index (χ2n) is 4.71. The van der Waals surface area contributed by atoms with E-state index in [0.717, 1.165) is 17.4 Å². The first-order valence-electron chi connectivity index (χ1n) is 5.72. The Kier molecular flexibility index (Phi) is 4.12. The van der Waals surface area contributed by atoms with Crippen LogP contribution in [0.2, 0.25) is 15.2 Å². The quantitative estimate of drug-likeness (QED) is 0.869. The van der Waals surface area contributed by atoms with E-state index >= 15 is 0 Å². The Morgan fingerprint density at radius 2 is 1.89 bits per heavy atom. The minimum absolute atomic E-state index is 0.137. The van der Waals surface area contributed by atoms with Gasteiger partial charge in [-0.1, -0.05) is 48.7 Å². The summed E-state index contributed by atoms with van der Waals surface area (Å²) in [5.41, 5.74) is 1.53. The van der Waals surface area contributed by atoms with Gasteiger partial charge in [-0.2, -0.15) is 0 Å². The monoisotopic (exact) mass is 305 g/mol. The van der Waals surface area contributed by atoms with Crippen LogP contribution < -0.4 is 0 Å². The van der Waals surface area contributed by atoms with Gasteiger partial charge in [0.05, 0.1) is 17.1 Å². The van der Waals surface area contributed by atoms with Crippen molar-refractivity contribution in [2.75, 3.05) is 0 Å². The smallest absolute Gasteiger partial charge is 0.115 e. The summed E-state index contributed by atoms with van der Waals surface area (Å²) in [6.07, 6.45) is 0. The Hall–Kier alpha value is -0.410. The molecule has 1 N–H and O–H groups in total. The number of fused-ring (bicyclic) bond motifs is 1. The van der Waals surface area contributed by atoms with Crippen molar-refractivity contribution in [1.29, 1.82) is 0 Å². The Balaban J connectivity index is 2.80. The minimum atomic E-state index is -0.137. The first kappa shape index (κ1) is 14.0. The SMILES string of the molecule is CC(C)Cn1c(Cl)c(CO)c2c(Cl)cc(Cl)cc21. The van der Waals surface area contributed by atoms with Crippen LogP contribution in [0.15, 0.2) is 12.1 Å². The summed E-state index contributed by atoms with van der Waals surface area (Å²) < 4.78 is 1.95. The Bertz CT molecular complexity index is 590. The van der Waals surface area contributed by atoms with Crippen molar-refractivity contribution in [3.63, 3.8) is 0 Å². The van der Waals surface area contributed by atoms with Gasteiger partial charge >= 0.3 is 0 Å². The van der Waals surface area contributed by atoms with Crippen LogP contribution in [-0.4, -0.2) is 9.67 Å².